The van der Waals surface area contributed by atoms with E-state index in [1.165, 1.54) is 0 Å². The number of hydrogen-bond acceptors (Lipinski definition) is 5. The van der Waals surface area contributed by atoms with Gasteiger partial charge in [-0.15, -0.1) is 0 Å². The van der Waals surface area contributed by atoms with E-state index >= 15 is 0 Å². The number of carbonyl (C=O) groups excluding carboxylic acids is 2. The summed E-state index contributed by atoms with van der Waals surface area (Å²) in [5.41, 5.74) is 2.87. The van der Waals surface area contributed by atoms with E-state index in [1.54, 1.807) is 9.80 Å². The average molecular weight is 519 g/mol. The lowest BCUT2D eigenvalue weighted by atomic mass is 10.1. The number of benzene rings is 2. The van der Waals surface area contributed by atoms with E-state index in [9.17, 15) is 9.59 Å². The third-order valence-corrected chi connectivity index (χ3v) is 6.80. The molecule has 0 radical (unpaired) electrons. The predicted octanol–water partition coefficient (Wildman–Crippen LogP) is 4.33. The number of nitrogens with zero attached hydrogens (tertiary/aromatic N) is 3. The first-order valence-electron chi connectivity index (χ1n) is 13.3. The Balaban J connectivity index is 1.47. The van der Waals surface area contributed by atoms with Gasteiger partial charge in [-0.05, 0) is 49.6 Å². The zero-order valence-corrected chi connectivity index (χ0v) is 22.4. The second kappa shape index (κ2) is 13.8. The molecule has 1 fully saturated rings. The van der Waals surface area contributed by atoms with Crippen LogP contribution in [-0.4, -0.2) is 79.1 Å². The Morgan fingerprint density at radius 2 is 1.63 bits per heavy atom. The quantitative estimate of drug-likeness (QED) is 0.409. The Kier molecular flexibility index (Phi) is 9.95. The van der Waals surface area contributed by atoms with Crippen molar-refractivity contribution in [2.24, 2.45) is 0 Å². The molecule has 0 atom stereocenters. The molecule has 2 aromatic carbocycles. The minimum absolute atomic E-state index is 0.0173. The fourth-order valence-corrected chi connectivity index (χ4v) is 4.47. The van der Waals surface area contributed by atoms with E-state index in [0.717, 1.165) is 47.8 Å². The number of aryl methyl sites for hydroxylation is 2. The predicted molar refractivity (Wildman–Crippen MR) is 148 cm³/mol. The zero-order chi connectivity index (χ0) is 26.7. The van der Waals surface area contributed by atoms with E-state index in [-0.39, 0.29) is 18.5 Å². The third-order valence-electron chi connectivity index (χ3n) is 6.80. The van der Waals surface area contributed by atoms with Crippen LogP contribution in [0, 0.1) is 13.8 Å². The highest BCUT2D eigenvalue weighted by Crippen LogP contribution is 2.15. The molecule has 202 valence electrons. The number of nitrogens with one attached hydrogen (secondary N) is 1. The lowest BCUT2D eigenvalue weighted by Gasteiger charge is -2.31. The summed E-state index contributed by atoms with van der Waals surface area (Å²) >= 11 is 0. The molecule has 0 aliphatic carbocycles. The van der Waals surface area contributed by atoms with Crippen molar-refractivity contribution in [2.75, 3.05) is 57.8 Å². The molecule has 1 aromatic heterocycles. The van der Waals surface area contributed by atoms with Crippen LogP contribution in [0.25, 0.3) is 0 Å². The Morgan fingerprint density at radius 3 is 2.34 bits per heavy atom. The van der Waals surface area contributed by atoms with Crippen molar-refractivity contribution in [3.8, 4) is 0 Å². The maximum absolute atomic E-state index is 13.7. The molecule has 38 heavy (non-hydrogen) atoms. The van der Waals surface area contributed by atoms with Gasteiger partial charge in [-0.25, -0.2) is 4.79 Å². The van der Waals surface area contributed by atoms with Crippen molar-refractivity contribution in [2.45, 2.75) is 26.8 Å². The van der Waals surface area contributed by atoms with Crippen LogP contribution < -0.4 is 5.32 Å². The summed E-state index contributed by atoms with van der Waals surface area (Å²) in [5.74, 6) is 1.42. The molecule has 1 saturated heterocycles. The van der Waals surface area contributed by atoms with Gasteiger partial charge in [0.1, 0.15) is 18.1 Å². The molecule has 2 heterocycles. The Labute approximate surface area is 225 Å². The Hall–Kier alpha value is -3.62. The Bertz CT molecular complexity index is 1170. The topological polar surface area (TPSA) is 78.3 Å². The minimum Gasteiger partial charge on any atom is -0.464 e. The molecule has 4 rings (SSSR count). The highest BCUT2D eigenvalue weighted by atomic mass is 16.5. The molecular formula is C30H38N4O4. The molecule has 1 N–H and O–H groups in total. The van der Waals surface area contributed by atoms with Gasteiger partial charge in [-0.2, -0.15) is 0 Å². The van der Waals surface area contributed by atoms with Crippen molar-refractivity contribution < 1.29 is 18.7 Å². The lowest BCUT2D eigenvalue weighted by Crippen LogP contribution is -2.48. The number of carbonyl (C=O) groups is 2. The second-order valence-corrected chi connectivity index (χ2v) is 9.68. The van der Waals surface area contributed by atoms with Gasteiger partial charge in [0.25, 0.3) is 0 Å². The van der Waals surface area contributed by atoms with Crippen LogP contribution in [0.5, 0.6) is 0 Å². The zero-order valence-electron chi connectivity index (χ0n) is 22.4. The molecule has 8 nitrogen and oxygen atoms in total. The molecule has 1 aliphatic rings. The summed E-state index contributed by atoms with van der Waals surface area (Å²) < 4.78 is 11.2. The summed E-state index contributed by atoms with van der Waals surface area (Å²) in [6.45, 7) is 8.85. The standard InChI is InChI=1S/C30H38N4O4/c1-24-8-6-7-11-28(24)31-30(36)34(17-16-32-18-20-37-21-19-32)23-29(35)33(22-27-13-12-25(2)38-27)15-14-26-9-4-3-5-10-26/h3-13H,14-23H2,1-2H3,(H,31,36). The fourth-order valence-electron chi connectivity index (χ4n) is 4.47. The second-order valence-electron chi connectivity index (χ2n) is 9.68. The minimum atomic E-state index is -0.280. The maximum Gasteiger partial charge on any atom is 0.322 e. The van der Waals surface area contributed by atoms with Gasteiger partial charge in [-0.3, -0.25) is 9.69 Å². The SMILES string of the molecule is Cc1ccc(CN(CCc2ccccc2)C(=O)CN(CCN2CCOCC2)C(=O)Nc2ccccc2C)o1. The summed E-state index contributed by atoms with van der Waals surface area (Å²) in [6.07, 6.45) is 0.718. The first-order valence-corrected chi connectivity index (χ1v) is 13.3. The van der Waals surface area contributed by atoms with E-state index in [2.05, 4.69) is 22.3 Å². The highest BCUT2D eigenvalue weighted by molar-refractivity contribution is 5.93. The summed E-state index contributed by atoms with van der Waals surface area (Å²) in [6, 6.07) is 21.3. The number of urea groups is 1. The number of para-hydroxylation sites is 1. The van der Waals surface area contributed by atoms with Gasteiger partial charge in [0.2, 0.25) is 5.91 Å². The summed E-state index contributed by atoms with van der Waals surface area (Å²) in [4.78, 5) is 32.8. The van der Waals surface area contributed by atoms with Crippen LogP contribution in [-0.2, 0) is 22.5 Å². The number of amides is 3. The molecule has 3 aromatic rings. The first-order chi connectivity index (χ1) is 18.5. The molecule has 0 bridgehead atoms. The molecular weight excluding hydrogens is 480 g/mol. The highest BCUT2D eigenvalue weighted by Gasteiger charge is 2.24. The maximum atomic E-state index is 13.7. The van der Waals surface area contributed by atoms with Crippen molar-refractivity contribution in [3.05, 3.63) is 89.4 Å². The van der Waals surface area contributed by atoms with Crippen LogP contribution in [0.3, 0.4) is 0 Å². The summed E-state index contributed by atoms with van der Waals surface area (Å²) in [5, 5.41) is 3.01. The number of ether oxygens (including phenoxy) is 1. The summed E-state index contributed by atoms with van der Waals surface area (Å²) in [7, 11) is 0. The lowest BCUT2D eigenvalue weighted by molar-refractivity contribution is -0.132. The molecule has 1 aliphatic heterocycles. The van der Waals surface area contributed by atoms with Crippen LogP contribution in [0.15, 0.2) is 71.1 Å². The average Bonchev–Trinajstić information content (AvgIpc) is 3.35. The van der Waals surface area contributed by atoms with E-state index in [1.807, 2.05) is 68.4 Å². The van der Waals surface area contributed by atoms with Crippen molar-refractivity contribution in [3.63, 3.8) is 0 Å². The van der Waals surface area contributed by atoms with Gasteiger partial charge in [-0.1, -0.05) is 48.5 Å². The van der Waals surface area contributed by atoms with E-state index < -0.39 is 0 Å². The molecule has 8 heteroatoms. The molecule has 0 spiro atoms. The number of rotatable bonds is 11. The number of hydrogen-bond donors (Lipinski definition) is 1. The number of furan rings is 1. The first kappa shape index (κ1) is 27.4. The van der Waals surface area contributed by atoms with Crippen LogP contribution >= 0.6 is 0 Å². The van der Waals surface area contributed by atoms with Crippen LogP contribution in [0.4, 0.5) is 10.5 Å². The molecule has 3 amide bonds. The van der Waals surface area contributed by atoms with Crippen molar-refractivity contribution in [1.82, 2.24) is 14.7 Å². The largest absolute Gasteiger partial charge is 0.464 e. The van der Waals surface area contributed by atoms with Gasteiger partial charge in [0, 0.05) is 38.4 Å². The van der Waals surface area contributed by atoms with Crippen molar-refractivity contribution in [1.29, 1.82) is 0 Å². The third kappa shape index (κ3) is 8.19. The van der Waals surface area contributed by atoms with Gasteiger partial charge in [0.05, 0.1) is 19.8 Å². The smallest absolute Gasteiger partial charge is 0.322 e. The molecule has 0 unspecified atom stereocenters. The number of morpholine rings is 1. The normalized spacial score (nSPS) is 13.7. The van der Waals surface area contributed by atoms with Gasteiger partial charge < -0.3 is 24.3 Å². The van der Waals surface area contributed by atoms with E-state index in [4.69, 9.17) is 9.15 Å². The Morgan fingerprint density at radius 1 is 0.895 bits per heavy atom. The van der Waals surface area contributed by atoms with Crippen LogP contribution in [0.2, 0.25) is 0 Å². The van der Waals surface area contributed by atoms with Gasteiger partial charge >= 0.3 is 6.03 Å². The molecule has 0 saturated carbocycles. The van der Waals surface area contributed by atoms with Gasteiger partial charge in [0.15, 0.2) is 0 Å². The van der Waals surface area contributed by atoms with Crippen LogP contribution in [0.1, 0.15) is 22.6 Å². The fraction of sp³-hybridized carbons (Fsp3) is 0.400. The monoisotopic (exact) mass is 518 g/mol. The number of anilines is 1. The van der Waals surface area contributed by atoms with Crippen molar-refractivity contribution >= 4 is 17.6 Å². The van der Waals surface area contributed by atoms with E-state index in [0.29, 0.717) is 39.4 Å².